The number of aromatic nitrogens is 2. The molecule has 2 aliphatic carbocycles. The minimum atomic E-state index is -0.307. The first kappa shape index (κ1) is 20.4. The number of rotatable bonds is 6. The Bertz CT molecular complexity index is 1190. The van der Waals surface area contributed by atoms with Gasteiger partial charge in [-0.25, -0.2) is 9.37 Å². The van der Waals surface area contributed by atoms with Gasteiger partial charge in [-0.15, -0.1) is 0 Å². The smallest absolute Gasteiger partial charge is 0.228 e. The van der Waals surface area contributed by atoms with Crippen LogP contribution in [0.1, 0.15) is 31.7 Å². The number of amides is 1. The van der Waals surface area contributed by atoms with E-state index in [1.54, 1.807) is 30.5 Å². The highest BCUT2D eigenvalue weighted by molar-refractivity contribution is 5.92. The van der Waals surface area contributed by atoms with Crippen molar-refractivity contribution in [2.75, 3.05) is 5.32 Å². The molecule has 1 unspecified atom stereocenters. The van der Waals surface area contributed by atoms with Gasteiger partial charge in [-0.1, -0.05) is 6.92 Å². The topological polar surface area (TPSA) is 87.9 Å². The molecule has 0 saturated heterocycles. The number of halogens is 1. The monoisotopic (exact) mass is 430 g/mol. The van der Waals surface area contributed by atoms with Gasteiger partial charge < -0.3 is 10.1 Å². The minimum Gasteiger partial charge on any atom is -0.490 e. The minimum absolute atomic E-state index is 0.0165. The lowest BCUT2D eigenvalue weighted by atomic mass is 9.93. The van der Waals surface area contributed by atoms with E-state index in [1.165, 1.54) is 18.3 Å². The number of pyridine rings is 2. The predicted molar refractivity (Wildman–Crippen MR) is 117 cm³/mol. The van der Waals surface area contributed by atoms with Crippen LogP contribution < -0.4 is 10.1 Å². The van der Waals surface area contributed by atoms with Crippen molar-refractivity contribution in [2.24, 2.45) is 23.7 Å². The second-order valence-electron chi connectivity index (χ2n) is 8.63. The molecule has 6 nitrogen and oxygen atoms in total. The number of nitrogens with one attached hydrogen (secondary N) is 1. The van der Waals surface area contributed by atoms with E-state index in [0.717, 1.165) is 19.3 Å². The Morgan fingerprint density at radius 1 is 1.25 bits per heavy atom. The van der Waals surface area contributed by atoms with Crippen LogP contribution in [0.5, 0.6) is 5.75 Å². The van der Waals surface area contributed by atoms with Gasteiger partial charge in [0.25, 0.3) is 0 Å². The van der Waals surface area contributed by atoms with E-state index in [0.29, 0.717) is 45.8 Å². The Kier molecular flexibility index (Phi) is 5.22. The Hall–Kier alpha value is -3.53. The van der Waals surface area contributed by atoms with Crippen LogP contribution in [0.4, 0.5) is 10.2 Å². The van der Waals surface area contributed by atoms with Gasteiger partial charge in [0.2, 0.25) is 5.91 Å². The molecule has 2 aromatic heterocycles. The molecule has 0 spiro atoms. The van der Waals surface area contributed by atoms with E-state index in [-0.39, 0.29) is 23.7 Å². The number of carbonyl (C=O) groups excluding carboxylic acids is 1. The molecule has 3 aromatic rings. The summed E-state index contributed by atoms with van der Waals surface area (Å²) in [7, 11) is 0. The van der Waals surface area contributed by atoms with Crippen LogP contribution in [0.2, 0.25) is 0 Å². The molecule has 0 aliphatic heterocycles. The van der Waals surface area contributed by atoms with Crippen LogP contribution in [0.15, 0.2) is 48.8 Å². The van der Waals surface area contributed by atoms with Crippen molar-refractivity contribution in [2.45, 2.75) is 32.3 Å². The van der Waals surface area contributed by atoms with Crippen molar-refractivity contribution in [1.82, 2.24) is 9.97 Å². The van der Waals surface area contributed by atoms with E-state index >= 15 is 0 Å². The number of ether oxygens (including phenoxy) is 1. The zero-order valence-corrected chi connectivity index (χ0v) is 17.7. The Morgan fingerprint density at radius 3 is 2.75 bits per heavy atom. The van der Waals surface area contributed by atoms with Gasteiger partial charge in [0.05, 0.1) is 17.2 Å². The summed E-state index contributed by atoms with van der Waals surface area (Å²) in [5.74, 6) is 2.02. The zero-order chi connectivity index (χ0) is 22.2. The lowest BCUT2D eigenvalue weighted by Crippen LogP contribution is -2.27. The van der Waals surface area contributed by atoms with Gasteiger partial charge in [-0.2, -0.15) is 5.26 Å². The summed E-state index contributed by atoms with van der Waals surface area (Å²) in [4.78, 5) is 21.3. The average molecular weight is 430 g/mol. The summed E-state index contributed by atoms with van der Waals surface area (Å²) in [6.07, 6.45) is 5.76. The van der Waals surface area contributed by atoms with Crippen molar-refractivity contribution in [3.63, 3.8) is 0 Å². The van der Waals surface area contributed by atoms with Gasteiger partial charge >= 0.3 is 0 Å². The van der Waals surface area contributed by atoms with Crippen LogP contribution in [0, 0.1) is 40.8 Å². The molecule has 2 saturated carbocycles. The first-order chi connectivity index (χ1) is 15.6. The van der Waals surface area contributed by atoms with Gasteiger partial charge in [0.1, 0.15) is 23.5 Å². The highest BCUT2D eigenvalue weighted by Crippen LogP contribution is 2.62. The van der Waals surface area contributed by atoms with Crippen molar-refractivity contribution in [1.29, 1.82) is 5.26 Å². The first-order valence-corrected chi connectivity index (χ1v) is 10.9. The number of anilines is 1. The van der Waals surface area contributed by atoms with Gasteiger partial charge in [-0.05, 0) is 73.4 Å². The van der Waals surface area contributed by atoms with Gasteiger partial charge in [0.15, 0.2) is 0 Å². The van der Waals surface area contributed by atoms with E-state index in [2.05, 4.69) is 15.3 Å². The van der Waals surface area contributed by atoms with Gasteiger partial charge in [-0.3, -0.25) is 9.78 Å². The SMILES string of the molecule is CCC(C(=O)Nc1ccc(C#N)cn1)[C@H]1[C@@H]2C[C@@H](Oc3ccnc4ccc(F)cc34)C[C@@H]21. The molecule has 2 aliphatic rings. The Morgan fingerprint density at radius 2 is 2.06 bits per heavy atom. The summed E-state index contributed by atoms with van der Waals surface area (Å²) in [6.45, 7) is 2.04. The fraction of sp³-hybridized carbons (Fsp3) is 0.360. The third-order valence-electron chi connectivity index (χ3n) is 6.81. The summed E-state index contributed by atoms with van der Waals surface area (Å²) < 4.78 is 19.9. The fourth-order valence-electron chi connectivity index (χ4n) is 5.30. The standard InChI is InChI=1S/C25H23FN4O2/c1-2-17(25(31)30-23-6-3-14(12-27)13-29-23)24-18-10-16(11-19(18)24)32-22-7-8-28-21-5-4-15(26)9-20(21)22/h3-9,13,16-19,24H,2,10-11H2,1H3,(H,29,30,31)/t16-,17?,18-,19+,24+. The average Bonchev–Trinajstić information content (AvgIpc) is 3.27. The van der Waals surface area contributed by atoms with E-state index in [4.69, 9.17) is 10.00 Å². The zero-order valence-electron chi connectivity index (χ0n) is 17.7. The van der Waals surface area contributed by atoms with Crippen LogP contribution in [0.25, 0.3) is 10.9 Å². The summed E-state index contributed by atoms with van der Waals surface area (Å²) in [5.41, 5.74) is 1.17. The van der Waals surface area contributed by atoms with Crippen LogP contribution in [-0.2, 0) is 4.79 Å². The number of carbonyl (C=O) groups is 1. The molecular weight excluding hydrogens is 407 g/mol. The van der Waals surface area contributed by atoms with Crippen molar-refractivity contribution in [3.05, 3.63) is 60.2 Å². The number of hydrogen-bond donors (Lipinski definition) is 1. The number of nitrogens with zero attached hydrogens (tertiary/aromatic N) is 3. The molecule has 1 N–H and O–H groups in total. The molecule has 1 amide bonds. The second kappa shape index (κ2) is 8.19. The quantitative estimate of drug-likeness (QED) is 0.612. The summed E-state index contributed by atoms with van der Waals surface area (Å²) >= 11 is 0. The van der Waals surface area contributed by atoms with Crippen LogP contribution in [0.3, 0.4) is 0 Å². The van der Waals surface area contributed by atoms with Gasteiger partial charge in [0, 0.05) is 23.7 Å². The van der Waals surface area contributed by atoms with Crippen LogP contribution in [-0.4, -0.2) is 22.0 Å². The third-order valence-corrected chi connectivity index (χ3v) is 6.81. The van der Waals surface area contributed by atoms with Crippen molar-refractivity contribution >= 4 is 22.6 Å². The molecular formula is C25H23FN4O2. The Balaban J connectivity index is 1.21. The van der Waals surface area contributed by atoms with Crippen molar-refractivity contribution < 1.29 is 13.9 Å². The maximum absolute atomic E-state index is 13.7. The molecule has 2 fully saturated rings. The largest absolute Gasteiger partial charge is 0.490 e. The maximum Gasteiger partial charge on any atom is 0.228 e. The molecule has 162 valence electrons. The molecule has 7 heteroatoms. The van der Waals surface area contributed by atoms with E-state index < -0.39 is 0 Å². The number of benzene rings is 1. The van der Waals surface area contributed by atoms with Crippen molar-refractivity contribution in [3.8, 4) is 11.8 Å². The highest BCUT2D eigenvalue weighted by atomic mass is 19.1. The predicted octanol–water partition coefficient (Wildman–Crippen LogP) is 4.71. The Labute approximate surface area is 185 Å². The normalized spacial score (nSPS) is 24.4. The van der Waals surface area contributed by atoms with Crippen LogP contribution >= 0.6 is 0 Å². The summed E-state index contributed by atoms with van der Waals surface area (Å²) in [5, 5.41) is 12.5. The molecule has 32 heavy (non-hydrogen) atoms. The van der Waals surface area contributed by atoms with E-state index in [9.17, 15) is 9.18 Å². The molecule has 2 heterocycles. The first-order valence-electron chi connectivity index (χ1n) is 10.9. The highest BCUT2D eigenvalue weighted by Gasteiger charge is 2.60. The molecule has 5 rings (SSSR count). The molecule has 0 bridgehead atoms. The second-order valence-corrected chi connectivity index (χ2v) is 8.63. The maximum atomic E-state index is 13.7. The molecule has 5 atom stereocenters. The van der Waals surface area contributed by atoms with E-state index in [1.807, 2.05) is 13.0 Å². The molecule has 1 aromatic carbocycles. The number of hydrogen-bond acceptors (Lipinski definition) is 5. The third kappa shape index (κ3) is 3.77. The molecule has 0 radical (unpaired) electrons. The number of nitriles is 1. The lowest BCUT2D eigenvalue weighted by molar-refractivity contribution is -0.121. The fourth-order valence-corrected chi connectivity index (χ4v) is 5.30. The number of fused-ring (bicyclic) bond motifs is 2. The lowest BCUT2D eigenvalue weighted by Gasteiger charge is -2.21. The summed E-state index contributed by atoms with van der Waals surface area (Å²) in [6, 6.07) is 11.6.